The summed E-state index contributed by atoms with van der Waals surface area (Å²) in [6, 6.07) is 0. The van der Waals surface area contributed by atoms with Crippen LogP contribution in [0.4, 0.5) is 13.2 Å². The van der Waals surface area contributed by atoms with Gasteiger partial charge in [-0.1, -0.05) is 25.1 Å². The van der Waals surface area contributed by atoms with Crippen molar-refractivity contribution in [1.29, 1.82) is 0 Å². The van der Waals surface area contributed by atoms with Gasteiger partial charge in [0.25, 0.3) is 0 Å². The maximum atomic E-state index is 12.5. The van der Waals surface area contributed by atoms with Gasteiger partial charge in [0.2, 0.25) is 0 Å². The smallest absolute Gasteiger partial charge is 0.171 e. The van der Waals surface area contributed by atoms with Crippen LogP contribution >= 0.6 is 12.2 Å². The van der Waals surface area contributed by atoms with Crippen LogP contribution in [0.1, 0.15) is 51.9 Å². The SMILES string of the molecule is CC(=S)CCC1CCCC(C(F)(F)F)CC1. The molecule has 0 aromatic carbocycles. The minimum absolute atomic E-state index is 0.310. The second-order valence-electron chi connectivity index (χ2n) is 4.85. The highest BCUT2D eigenvalue weighted by Gasteiger charge is 2.39. The molecular weight excluding hydrogens is 233 g/mol. The summed E-state index contributed by atoms with van der Waals surface area (Å²) < 4.78 is 37.6. The molecule has 2 atom stereocenters. The number of hydrogen-bond donors (Lipinski definition) is 0. The highest BCUT2D eigenvalue weighted by molar-refractivity contribution is 7.80. The minimum atomic E-state index is -3.99. The lowest BCUT2D eigenvalue weighted by molar-refractivity contribution is -0.177. The summed E-state index contributed by atoms with van der Waals surface area (Å²) in [4.78, 5) is 0.969. The molecule has 0 spiro atoms. The van der Waals surface area contributed by atoms with Crippen LogP contribution in [-0.4, -0.2) is 11.0 Å². The summed E-state index contributed by atoms with van der Waals surface area (Å²) in [5.74, 6) is -0.615. The number of rotatable bonds is 3. The van der Waals surface area contributed by atoms with Crippen LogP contribution in [0.15, 0.2) is 0 Å². The number of halogens is 3. The fourth-order valence-corrected chi connectivity index (χ4v) is 2.52. The largest absolute Gasteiger partial charge is 0.391 e. The molecule has 2 unspecified atom stereocenters. The molecule has 0 aliphatic heterocycles. The summed E-state index contributed by atoms with van der Waals surface area (Å²) in [6.07, 6.45) is 0.861. The van der Waals surface area contributed by atoms with E-state index in [1.165, 1.54) is 0 Å². The Morgan fingerprint density at radius 2 is 1.88 bits per heavy atom. The first-order valence-electron chi connectivity index (χ1n) is 5.95. The molecule has 94 valence electrons. The maximum Gasteiger partial charge on any atom is 0.391 e. The van der Waals surface area contributed by atoms with Gasteiger partial charge in [0.1, 0.15) is 0 Å². The Morgan fingerprint density at radius 3 is 2.44 bits per heavy atom. The Morgan fingerprint density at radius 1 is 1.19 bits per heavy atom. The molecule has 0 aromatic heterocycles. The van der Waals surface area contributed by atoms with Gasteiger partial charge in [0, 0.05) is 0 Å². The summed E-state index contributed by atoms with van der Waals surface area (Å²) in [7, 11) is 0. The third-order valence-corrected chi connectivity index (χ3v) is 3.66. The van der Waals surface area contributed by atoms with Crippen molar-refractivity contribution >= 4 is 17.1 Å². The standard InChI is InChI=1S/C12H19F3S/c1-9(16)5-6-10-3-2-4-11(8-7-10)12(13,14)15/h10-11H,2-8H2,1H3. The van der Waals surface area contributed by atoms with Gasteiger partial charge >= 0.3 is 6.18 Å². The van der Waals surface area contributed by atoms with Crippen molar-refractivity contribution in [2.75, 3.05) is 0 Å². The molecule has 0 heterocycles. The van der Waals surface area contributed by atoms with Crippen LogP contribution in [0.2, 0.25) is 0 Å². The molecule has 1 rings (SSSR count). The van der Waals surface area contributed by atoms with E-state index in [0.29, 0.717) is 31.6 Å². The second kappa shape index (κ2) is 5.99. The van der Waals surface area contributed by atoms with Gasteiger partial charge in [0.05, 0.1) is 5.92 Å². The van der Waals surface area contributed by atoms with Crippen LogP contribution in [0.25, 0.3) is 0 Å². The van der Waals surface area contributed by atoms with E-state index in [9.17, 15) is 13.2 Å². The molecule has 0 N–H and O–H groups in total. The predicted octanol–water partition coefficient (Wildman–Crippen LogP) is 4.92. The molecule has 0 saturated heterocycles. The molecule has 0 bridgehead atoms. The van der Waals surface area contributed by atoms with E-state index in [1.807, 2.05) is 6.92 Å². The Labute approximate surface area is 101 Å². The van der Waals surface area contributed by atoms with Crippen molar-refractivity contribution in [3.05, 3.63) is 0 Å². The zero-order chi connectivity index (χ0) is 12.2. The molecule has 4 heteroatoms. The topological polar surface area (TPSA) is 0 Å². The highest BCUT2D eigenvalue weighted by atomic mass is 32.1. The van der Waals surface area contributed by atoms with E-state index in [4.69, 9.17) is 12.2 Å². The average molecular weight is 252 g/mol. The Bertz CT molecular complexity index is 235. The lowest BCUT2D eigenvalue weighted by atomic mass is 9.93. The van der Waals surface area contributed by atoms with Crippen LogP contribution < -0.4 is 0 Å². The van der Waals surface area contributed by atoms with Crippen LogP contribution in [0, 0.1) is 11.8 Å². The van der Waals surface area contributed by atoms with Crippen molar-refractivity contribution in [3.63, 3.8) is 0 Å². The van der Waals surface area contributed by atoms with Gasteiger partial charge in [0.15, 0.2) is 0 Å². The van der Waals surface area contributed by atoms with E-state index in [0.717, 1.165) is 24.1 Å². The Hall–Kier alpha value is -0.120. The van der Waals surface area contributed by atoms with Crippen LogP contribution in [0.3, 0.4) is 0 Å². The van der Waals surface area contributed by atoms with Crippen molar-refractivity contribution < 1.29 is 13.2 Å². The molecule has 16 heavy (non-hydrogen) atoms. The normalized spacial score (nSPS) is 27.5. The van der Waals surface area contributed by atoms with E-state index >= 15 is 0 Å². The van der Waals surface area contributed by atoms with Crippen LogP contribution in [0.5, 0.6) is 0 Å². The van der Waals surface area contributed by atoms with E-state index in [2.05, 4.69) is 0 Å². The van der Waals surface area contributed by atoms with E-state index < -0.39 is 12.1 Å². The quantitative estimate of drug-likeness (QED) is 0.507. The highest BCUT2D eigenvalue weighted by Crippen LogP contribution is 2.39. The molecule has 1 saturated carbocycles. The van der Waals surface area contributed by atoms with Gasteiger partial charge in [-0.05, 0) is 49.8 Å². The number of thiocarbonyl (C=S) groups is 1. The molecule has 1 aliphatic carbocycles. The summed E-state index contributed by atoms with van der Waals surface area (Å²) in [6.45, 7) is 1.91. The van der Waals surface area contributed by atoms with Crippen LogP contribution in [-0.2, 0) is 0 Å². The number of alkyl halides is 3. The van der Waals surface area contributed by atoms with Crippen molar-refractivity contribution in [3.8, 4) is 0 Å². The molecule has 0 amide bonds. The lowest BCUT2D eigenvalue weighted by Crippen LogP contribution is -2.22. The van der Waals surface area contributed by atoms with E-state index in [-0.39, 0.29) is 0 Å². The van der Waals surface area contributed by atoms with Gasteiger partial charge in [-0.15, -0.1) is 0 Å². The molecule has 0 radical (unpaired) electrons. The van der Waals surface area contributed by atoms with Crippen molar-refractivity contribution in [2.24, 2.45) is 11.8 Å². The number of hydrogen-bond acceptors (Lipinski definition) is 1. The maximum absolute atomic E-state index is 12.5. The van der Waals surface area contributed by atoms with Gasteiger partial charge < -0.3 is 0 Å². The first kappa shape index (κ1) is 13.9. The third-order valence-electron chi connectivity index (χ3n) is 3.46. The van der Waals surface area contributed by atoms with Gasteiger partial charge in [-0.2, -0.15) is 13.2 Å². The second-order valence-corrected chi connectivity index (χ2v) is 5.55. The Kier molecular flexibility index (Phi) is 5.22. The molecule has 0 nitrogen and oxygen atoms in total. The first-order valence-corrected chi connectivity index (χ1v) is 6.36. The Balaban J connectivity index is 2.37. The fraction of sp³-hybridized carbons (Fsp3) is 0.917. The fourth-order valence-electron chi connectivity index (χ4n) is 2.40. The summed E-state index contributed by atoms with van der Waals surface area (Å²) >= 11 is 5.00. The average Bonchev–Trinajstić information content (AvgIpc) is 2.38. The third kappa shape index (κ3) is 4.81. The first-order chi connectivity index (χ1) is 7.39. The zero-order valence-corrected chi connectivity index (χ0v) is 10.5. The summed E-state index contributed by atoms with van der Waals surface area (Å²) in [5, 5.41) is 0. The minimum Gasteiger partial charge on any atom is -0.171 e. The molecule has 1 fully saturated rings. The molecular formula is C12H19F3S. The van der Waals surface area contributed by atoms with E-state index in [1.54, 1.807) is 0 Å². The van der Waals surface area contributed by atoms with Crippen molar-refractivity contribution in [1.82, 2.24) is 0 Å². The van der Waals surface area contributed by atoms with Gasteiger partial charge in [-0.3, -0.25) is 0 Å². The molecule has 1 aliphatic rings. The predicted molar refractivity (Wildman–Crippen MR) is 63.6 cm³/mol. The zero-order valence-electron chi connectivity index (χ0n) is 9.65. The summed E-state index contributed by atoms with van der Waals surface area (Å²) in [5.41, 5.74) is 0. The monoisotopic (exact) mass is 252 g/mol. The van der Waals surface area contributed by atoms with Crippen molar-refractivity contribution in [2.45, 2.75) is 58.0 Å². The van der Waals surface area contributed by atoms with Gasteiger partial charge in [-0.25, -0.2) is 0 Å². The molecule has 0 aromatic rings. The lowest BCUT2D eigenvalue weighted by Gasteiger charge is -2.18.